The Hall–Kier alpha value is -3.49. The van der Waals surface area contributed by atoms with E-state index in [2.05, 4.69) is 20.9 Å². The molecule has 198 valence electrons. The molecule has 0 aliphatic carbocycles. The Morgan fingerprint density at radius 3 is 2.58 bits per heavy atom. The van der Waals surface area contributed by atoms with Gasteiger partial charge in [-0.2, -0.15) is 13.2 Å². The number of non-ortho nitro benzene ring substituents is 1. The van der Waals surface area contributed by atoms with E-state index in [0.29, 0.717) is 11.3 Å². The van der Waals surface area contributed by atoms with Crippen LogP contribution in [0.3, 0.4) is 0 Å². The van der Waals surface area contributed by atoms with Gasteiger partial charge in [-0.05, 0) is 46.6 Å². The summed E-state index contributed by atoms with van der Waals surface area (Å²) in [6.45, 7) is 1.19. The number of nitro groups is 1. The standard InChI is InChI=1S/C23H14BrClF3N3O6S/c1-2-37-21(34)16-17(10-3-5-12(25)6-4-10)30-20(33)15(38-22(30)29-19(16)23(26,27)28)8-11-7-13(31(35)36)9-14(24)18(11)32/h3-9,17,32H,2H2,1H3/b15-8-/t17-/m1/s1. The second-order valence-corrected chi connectivity index (χ2v) is 10.0. The van der Waals surface area contributed by atoms with Crippen LogP contribution in [-0.2, 0) is 9.53 Å². The van der Waals surface area contributed by atoms with Crippen LogP contribution in [0, 0.1) is 10.1 Å². The fraction of sp³-hybridized carbons (Fsp3) is 0.174. The Morgan fingerprint density at radius 1 is 1.34 bits per heavy atom. The summed E-state index contributed by atoms with van der Waals surface area (Å²) in [4.78, 5) is 40.1. The third-order valence-electron chi connectivity index (χ3n) is 5.36. The molecule has 1 aliphatic heterocycles. The Balaban J connectivity index is 2.07. The number of thiazole rings is 1. The highest BCUT2D eigenvalue weighted by atomic mass is 79.9. The lowest BCUT2D eigenvalue weighted by atomic mass is 9.95. The zero-order chi connectivity index (χ0) is 27.9. The van der Waals surface area contributed by atoms with Crippen LogP contribution in [0.4, 0.5) is 18.9 Å². The predicted molar refractivity (Wildman–Crippen MR) is 135 cm³/mol. The van der Waals surface area contributed by atoms with Crippen LogP contribution in [0.15, 0.2) is 61.9 Å². The van der Waals surface area contributed by atoms with Gasteiger partial charge < -0.3 is 9.84 Å². The number of halogens is 5. The second-order valence-electron chi connectivity index (χ2n) is 7.74. The number of carbonyl (C=O) groups excluding carboxylic acids is 1. The molecule has 2 aromatic carbocycles. The summed E-state index contributed by atoms with van der Waals surface area (Å²) in [5.74, 6) is -1.74. The van der Waals surface area contributed by atoms with Crippen molar-refractivity contribution in [1.82, 2.24) is 4.57 Å². The van der Waals surface area contributed by atoms with Crippen molar-refractivity contribution in [1.29, 1.82) is 0 Å². The molecule has 0 unspecified atom stereocenters. The number of aromatic hydroxyl groups is 1. The van der Waals surface area contributed by atoms with Crippen molar-refractivity contribution in [3.8, 4) is 5.75 Å². The number of allylic oxidation sites excluding steroid dienone is 1. The van der Waals surface area contributed by atoms with Crippen molar-refractivity contribution in [3.63, 3.8) is 0 Å². The van der Waals surface area contributed by atoms with Crippen molar-refractivity contribution < 1.29 is 32.7 Å². The molecular weight excluding hydrogens is 619 g/mol. The van der Waals surface area contributed by atoms with Gasteiger partial charge in [-0.25, -0.2) is 9.79 Å². The molecule has 3 aromatic rings. The van der Waals surface area contributed by atoms with Crippen LogP contribution in [-0.4, -0.2) is 33.3 Å². The lowest BCUT2D eigenvalue weighted by Gasteiger charge is -2.26. The van der Waals surface area contributed by atoms with Crippen molar-refractivity contribution in [3.05, 3.63) is 98.1 Å². The molecule has 1 aromatic heterocycles. The zero-order valence-electron chi connectivity index (χ0n) is 19.0. The molecule has 0 saturated heterocycles. The number of hydrogen-bond acceptors (Lipinski definition) is 8. The van der Waals surface area contributed by atoms with Gasteiger partial charge in [-0.15, -0.1) is 0 Å². The lowest BCUT2D eigenvalue weighted by molar-refractivity contribution is -0.385. The maximum Gasteiger partial charge on any atom is 0.434 e. The number of nitro benzene ring substituents is 1. The van der Waals surface area contributed by atoms with Gasteiger partial charge in [0.05, 0.1) is 32.2 Å². The second kappa shape index (κ2) is 10.3. The topological polar surface area (TPSA) is 124 Å². The van der Waals surface area contributed by atoms with Crippen molar-refractivity contribution >= 4 is 56.6 Å². The minimum absolute atomic E-state index is 0.0336. The summed E-state index contributed by atoms with van der Waals surface area (Å²) >= 11 is 9.50. The Kier molecular flexibility index (Phi) is 7.50. The Bertz CT molecular complexity index is 1680. The molecule has 0 radical (unpaired) electrons. The first-order valence-corrected chi connectivity index (χ1v) is 12.5. The average molecular weight is 633 g/mol. The molecule has 1 aliphatic rings. The maximum absolute atomic E-state index is 14.1. The van der Waals surface area contributed by atoms with Gasteiger partial charge in [0, 0.05) is 22.7 Å². The minimum Gasteiger partial charge on any atom is -0.506 e. The molecule has 0 amide bonds. The highest BCUT2D eigenvalue weighted by Crippen LogP contribution is 2.38. The van der Waals surface area contributed by atoms with E-state index in [1.165, 1.54) is 31.2 Å². The normalized spacial score (nSPS) is 15.7. The fourth-order valence-electron chi connectivity index (χ4n) is 3.76. The van der Waals surface area contributed by atoms with Gasteiger partial charge in [-0.1, -0.05) is 35.1 Å². The first kappa shape index (κ1) is 27.5. The third kappa shape index (κ3) is 5.11. The summed E-state index contributed by atoms with van der Waals surface area (Å²) in [6, 6.07) is 5.99. The molecule has 0 spiro atoms. The molecular formula is C23H14BrClF3N3O6S. The summed E-state index contributed by atoms with van der Waals surface area (Å²) in [7, 11) is 0. The number of esters is 1. The SMILES string of the molecule is CCOC(=O)C1=C(C(F)(F)F)N=c2s/c(=C\c3cc([N+](=O)[O-])cc(Br)c3O)c(=O)n2[C@@H]1c1ccc(Cl)cc1. The number of rotatable bonds is 5. The van der Waals surface area contributed by atoms with Gasteiger partial charge >= 0.3 is 12.1 Å². The van der Waals surface area contributed by atoms with E-state index in [0.717, 1.165) is 22.8 Å². The first-order chi connectivity index (χ1) is 17.8. The molecule has 1 atom stereocenters. The van der Waals surface area contributed by atoms with Crippen LogP contribution < -0.4 is 14.9 Å². The summed E-state index contributed by atoms with van der Waals surface area (Å²) in [6.07, 6.45) is -3.98. The van der Waals surface area contributed by atoms with E-state index in [1.54, 1.807) is 0 Å². The molecule has 0 saturated carbocycles. The van der Waals surface area contributed by atoms with Gasteiger partial charge in [0.1, 0.15) is 5.75 Å². The zero-order valence-corrected chi connectivity index (χ0v) is 22.1. The minimum atomic E-state index is -5.08. The number of aromatic nitrogens is 1. The molecule has 4 rings (SSSR count). The number of ether oxygens (including phenoxy) is 1. The van der Waals surface area contributed by atoms with E-state index in [1.807, 2.05) is 0 Å². The maximum atomic E-state index is 14.1. The third-order valence-corrected chi connectivity index (χ3v) is 7.20. The van der Waals surface area contributed by atoms with Crippen LogP contribution in [0.5, 0.6) is 5.75 Å². The Labute approximate surface area is 228 Å². The molecule has 38 heavy (non-hydrogen) atoms. The quantitative estimate of drug-likeness (QED) is 0.253. The van der Waals surface area contributed by atoms with Gasteiger partial charge in [0.2, 0.25) is 0 Å². The van der Waals surface area contributed by atoms with E-state index in [-0.39, 0.29) is 36.6 Å². The van der Waals surface area contributed by atoms with Crippen molar-refractivity contribution in [2.75, 3.05) is 6.61 Å². The first-order valence-electron chi connectivity index (χ1n) is 10.6. The molecule has 15 heteroatoms. The highest BCUT2D eigenvalue weighted by molar-refractivity contribution is 9.10. The number of nitrogens with zero attached hydrogens (tertiary/aromatic N) is 3. The summed E-state index contributed by atoms with van der Waals surface area (Å²) in [5, 5.41) is 21.9. The smallest absolute Gasteiger partial charge is 0.434 e. The average Bonchev–Trinajstić information content (AvgIpc) is 3.15. The van der Waals surface area contributed by atoms with Gasteiger partial charge in [0.25, 0.3) is 11.2 Å². The van der Waals surface area contributed by atoms with E-state index in [9.17, 15) is 38.0 Å². The number of carbonyl (C=O) groups is 1. The lowest BCUT2D eigenvalue weighted by Crippen LogP contribution is -2.41. The van der Waals surface area contributed by atoms with Gasteiger partial charge in [-0.3, -0.25) is 19.5 Å². The predicted octanol–water partition coefficient (Wildman–Crippen LogP) is 4.37. The molecule has 0 bridgehead atoms. The molecule has 1 N–H and O–H groups in total. The summed E-state index contributed by atoms with van der Waals surface area (Å²) < 4.78 is 48.0. The van der Waals surface area contributed by atoms with Crippen LogP contribution >= 0.6 is 38.9 Å². The summed E-state index contributed by atoms with van der Waals surface area (Å²) in [5.41, 5.74) is -3.68. The number of phenolic OH excluding ortho intramolecular Hbond substituents is 1. The molecule has 0 fully saturated rings. The van der Waals surface area contributed by atoms with Crippen molar-refractivity contribution in [2.24, 2.45) is 4.99 Å². The number of hydrogen-bond donors (Lipinski definition) is 1. The van der Waals surface area contributed by atoms with E-state index < -0.39 is 51.4 Å². The van der Waals surface area contributed by atoms with Crippen LogP contribution in [0.1, 0.15) is 24.1 Å². The van der Waals surface area contributed by atoms with Crippen LogP contribution in [0.25, 0.3) is 6.08 Å². The van der Waals surface area contributed by atoms with Gasteiger partial charge in [0.15, 0.2) is 10.5 Å². The molecule has 2 heterocycles. The number of alkyl halides is 3. The Morgan fingerprint density at radius 2 is 2.00 bits per heavy atom. The largest absolute Gasteiger partial charge is 0.506 e. The number of benzene rings is 2. The van der Waals surface area contributed by atoms with E-state index in [4.69, 9.17) is 16.3 Å². The van der Waals surface area contributed by atoms with E-state index >= 15 is 0 Å². The number of phenols is 1. The molecule has 9 nitrogen and oxygen atoms in total. The van der Waals surface area contributed by atoms with Crippen molar-refractivity contribution in [2.45, 2.75) is 19.1 Å². The highest BCUT2D eigenvalue weighted by Gasteiger charge is 2.45. The number of fused-ring (bicyclic) bond motifs is 1. The monoisotopic (exact) mass is 631 g/mol. The van der Waals surface area contributed by atoms with Crippen LogP contribution in [0.2, 0.25) is 5.02 Å². The fourth-order valence-corrected chi connectivity index (χ4v) is 5.34.